The number of amides is 1. The van der Waals surface area contributed by atoms with Crippen molar-refractivity contribution in [3.05, 3.63) is 29.6 Å². The molecule has 80 valence electrons. The second-order valence-corrected chi connectivity index (χ2v) is 4.08. The van der Waals surface area contributed by atoms with Gasteiger partial charge in [-0.25, -0.2) is 4.39 Å². The maximum atomic E-state index is 13.2. The second kappa shape index (κ2) is 4.01. The molecule has 0 unspecified atom stereocenters. The Hall–Kier alpha value is -1.38. The number of halogens is 1. The van der Waals surface area contributed by atoms with Crippen LogP contribution < -0.4 is 5.32 Å². The molecular formula is C12H14FNO. The molecule has 0 atom stereocenters. The predicted octanol–water partition coefficient (Wildman–Crippen LogP) is 2.87. The lowest BCUT2D eigenvalue weighted by Crippen LogP contribution is -2.28. The number of nitrogens with one attached hydrogen (secondary N) is 1. The van der Waals surface area contributed by atoms with E-state index >= 15 is 0 Å². The molecule has 1 fully saturated rings. The van der Waals surface area contributed by atoms with Gasteiger partial charge in [0.05, 0.1) is 0 Å². The molecule has 0 aromatic heterocycles. The molecule has 0 aliphatic heterocycles. The summed E-state index contributed by atoms with van der Waals surface area (Å²) < 4.78 is 13.2. The molecule has 1 saturated carbocycles. The summed E-state index contributed by atoms with van der Waals surface area (Å²) in [5.74, 6) is -0.125. The fourth-order valence-electron chi connectivity index (χ4n) is 1.59. The minimum atomic E-state index is -0.276. The monoisotopic (exact) mass is 207 g/mol. The third-order valence-corrected chi connectivity index (χ3v) is 2.92. The third-order valence-electron chi connectivity index (χ3n) is 2.92. The molecule has 0 bridgehead atoms. The van der Waals surface area contributed by atoms with Crippen molar-refractivity contribution < 1.29 is 9.18 Å². The maximum Gasteiger partial charge on any atom is 0.227 e. The SMILES string of the molecule is Cc1ccc(NC(=O)C2CCC2)cc1F. The fourth-order valence-corrected chi connectivity index (χ4v) is 1.59. The van der Waals surface area contributed by atoms with Gasteiger partial charge in [0.1, 0.15) is 5.82 Å². The molecule has 1 aliphatic carbocycles. The first-order valence-electron chi connectivity index (χ1n) is 5.24. The third kappa shape index (κ3) is 2.17. The summed E-state index contributed by atoms with van der Waals surface area (Å²) >= 11 is 0. The molecule has 1 amide bonds. The Morgan fingerprint density at radius 3 is 2.73 bits per heavy atom. The van der Waals surface area contributed by atoms with Crippen molar-refractivity contribution in [2.75, 3.05) is 5.32 Å². The minimum absolute atomic E-state index is 0.0181. The first kappa shape index (κ1) is 10.1. The van der Waals surface area contributed by atoms with E-state index in [0.717, 1.165) is 19.3 Å². The number of hydrogen-bond donors (Lipinski definition) is 1. The normalized spacial score (nSPS) is 15.9. The van der Waals surface area contributed by atoms with Crippen LogP contribution in [0.3, 0.4) is 0 Å². The van der Waals surface area contributed by atoms with E-state index < -0.39 is 0 Å². The summed E-state index contributed by atoms with van der Waals surface area (Å²) in [5.41, 5.74) is 1.15. The Morgan fingerprint density at radius 2 is 2.20 bits per heavy atom. The maximum absolute atomic E-state index is 13.2. The highest BCUT2D eigenvalue weighted by Gasteiger charge is 2.25. The smallest absolute Gasteiger partial charge is 0.227 e. The van der Waals surface area contributed by atoms with Gasteiger partial charge in [0, 0.05) is 11.6 Å². The lowest BCUT2D eigenvalue weighted by atomic mass is 9.85. The second-order valence-electron chi connectivity index (χ2n) is 4.08. The highest BCUT2D eigenvalue weighted by atomic mass is 19.1. The van der Waals surface area contributed by atoms with Crippen molar-refractivity contribution in [3.8, 4) is 0 Å². The summed E-state index contributed by atoms with van der Waals surface area (Å²) in [7, 11) is 0. The molecule has 2 rings (SSSR count). The van der Waals surface area contributed by atoms with Gasteiger partial charge in [0.15, 0.2) is 0 Å². The van der Waals surface area contributed by atoms with E-state index in [1.54, 1.807) is 19.1 Å². The zero-order valence-corrected chi connectivity index (χ0v) is 8.72. The lowest BCUT2D eigenvalue weighted by molar-refractivity contribution is -0.122. The van der Waals surface area contributed by atoms with Crippen LogP contribution in [0.4, 0.5) is 10.1 Å². The van der Waals surface area contributed by atoms with Crippen LogP contribution in [-0.4, -0.2) is 5.91 Å². The molecule has 1 aromatic carbocycles. The van der Waals surface area contributed by atoms with Crippen LogP contribution in [-0.2, 0) is 4.79 Å². The van der Waals surface area contributed by atoms with Crippen molar-refractivity contribution in [2.45, 2.75) is 26.2 Å². The zero-order chi connectivity index (χ0) is 10.8. The first-order valence-corrected chi connectivity index (χ1v) is 5.24. The molecule has 0 radical (unpaired) electrons. The quantitative estimate of drug-likeness (QED) is 0.793. The first-order chi connectivity index (χ1) is 7.16. The molecule has 3 heteroatoms. The fraction of sp³-hybridized carbons (Fsp3) is 0.417. The Balaban J connectivity index is 2.03. The van der Waals surface area contributed by atoms with Crippen molar-refractivity contribution >= 4 is 11.6 Å². The van der Waals surface area contributed by atoms with Crippen molar-refractivity contribution in [2.24, 2.45) is 5.92 Å². The van der Waals surface area contributed by atoms with E-state index in [-0.39, 0.29) is 17.6 Å². The highest BCUT2D eigenvalue weighted by molar-refractivity contribution is 5.93. The van der Waals surface area contributed by atoms with Gasteiger partial charge in [-0.1, -0.05) is 12.5 Å². The Kier molecular flexibility index (Phi) is 2.71. The van der Waals surface area contributed by atoms with Crippen LogP contribution in [0.5, 0.6) is 0 Å². The van der Waals surface area contributed by atoms with Gasteiger partial charge in [-0.05, 0) is 37.5 Å². The summed E-state index contributed by atoms with van der Waals surface area (Å²) in [6.45, 7) is 1.70. The van der Waals surface area contributed by atoms with E-state index in [1.165, 1.54) is 6.07 Å². The summed E-state index contributed by atoms with van der Waals surface area (Å²) in [6, 6.07) is 4.77. The minimum Gasteiger partial charge on any atom is -0.326 e. The highest BCUT2D eigenvalue weighted by Crippen LogP contribution is 2.27. The number of hydrogen-bond acceptors (Lipinski definition) is 1. The van der Waals surface area contributed by atoms with Crippen molar-refractivity contribution in [1.82, 2.24) is 0 Å². The van der Waals surface area contributed by atoms with Crippen LogP contribution in [0.25, 0.3) is 0 Å². The number of aryl methyl sites for hydroxylation is 1. The van der Waals surface area contributed by atoms with Crippen LogP contribution in [0.2, 0.25) is 0 Å². The molecule has 2 nitrogen and oxygen atoms in total. The molecule has 0 saturated heterocycles. The van der Waals surface area contributed by atoms with Gasteiger partial charge in [0.25, 0.3) is 0 Å². The molecular weight excluding hydrogens is 193 g/mol. The summed E-state index contributed by atoms with van der Waals surface area (Å²) in [6.07, 6.45) is 3.04. The average molecular weight is 207 g/mol. The van der Waals surface area contributed by atoms with Crippen molar-refractivity contribution in [1.29, 1.82) is 0 Å². The topological polar surface area (TPSA) is 29.1 Å². The number of anilines is 1. The summed E-state index contributed by atoms with van der Waals surface area (Å²) in [4.78, 5) is 11.6. The number of carbonyl (C=O) groups is 1. The number of carbonyl (C=O) groups excluding carboxylic acids is 1. The van der Waals surface area contributed by atoms with Gasteiger partial charge in [0.2, 0.25) is 5.91 Å². The molecule has 1 aromatic rings. The standard InChI is InChI=1S/C12H14FNO/c1-8-5-6-10(7-11(8)13)14-12(15)9-3-2-4-9/h5-7,9H,2-4H2,1H3,(H,14,15). The van der Waals surface area contributed by atoms with Crippen LogP contribution in [0.15, 0.2) is 18.2 Å². The van der Waals surface area contributed by atoms with Crippen molar-refractivity contribution in [3.63, 3.8) is 0 Å². The van der Waals surface area contributed by atoms with Gasteiger partial charge in [-0.2, -0.15) is 0 Å². The lowest BCUT2D eigenvalue weighted by Gasteiger charge is -2.24. The van der Waals surface area contributed by atoms with E-state index in [0.29, 0.717) is 11.3 Å². The number of benzene rings is 1. The Bertz CT molecular complexity index is 385. The van der Waals surface area contributed by atoms with Gasteiger partial charge in [-0.3, -0.25) is 4.79 Å². The number of rotatable bonds is 2. The van der Waals surface area contributed by atoms with E-state index in [1.807, 2.05) is 0 Å². The van der Waals surface area contributed by atoms with E-state index in [9.17, 15) is 9.18 Å². The molecule has 1 N–H and O–H groups in total. The predicted molar refractivity (Wildman–Crippen MR) is 57.1 cm³/mol. The van der Waals surface area contributed by atoms with Crippen LogP contribution in [0.1, 0.15) is 24.8 Å². The zero-order valence-electron chi connectivity index (χ0n) is 8.72. The Morgan fingerprint density at radius 1 is 1.47 bits per heavy atom. The van der Waals surface area contributed by atoms with Gasteiger partial charge < -0.3 is 5.32 Å². The van der Waals surface area contributed by atoms with Gasteiger partial charge >= 0.3 is 0 Å². The Labute approximate surface area is 88.5 Å². The van der Waals surface area contributed by atoms with E-state index in [2.05, 4.69) is 5.32 Å². The van der Waals surface area contributed by atoms with E-state index in [4.69, 9.17) is 0 Å². The van der Waals surface area contributed by atoms with Gasteiger partial charge in [-0.15, -0.1) is 0 Å². The molecule has 1 aliphatic rings. The molecule has 15 heavy (non-hydrogen) atoms. The largest absolute Gasteiger partial charge is 0.326 e. The van der Waals surface area contributed by atoms with Crippen LogP contribution >= 0.6 is 0 Å². The summed E-state index contributed by atoms with van der Waals surface area (Å²) in [5, 5.41) is 2.73. The average Bonchev–Trinajstić information content (AvgIpc) is 2.08. The molecule has 0 heterocycles. The molecule has 0 spiro atoms. The van der Waals surface area contributed by atoms with Crippen LogP contribution in [0, 0.1) is 18.7 Å².